The Hall–Kier alpha value is -1.96. The first-order chi connectivity index (χ1) is 12.2. The Morgan fingerprint density at radius 1 is 1.04 bits per heavy atom. The van der Waals surface area contributed by atoms with Crippen molar-refractivity contribution in [2.75, 3.05) is 20.8 Å². The normalized spacial score (nSPS) is 11.9. The van der Waals surface area contributed by atoms with Crippen LogP contribution in [0.5, 0.6) is 11.5 Å². The molecule has 142 valence electrons. The van der Waals surface area contributed by atoms with Gasteiger partial charge in [-0.2, -0.15) is 0 Å². The van der Waals surface area contributed by atoms with Gasteiger partial charge in [0.05, 0.1) is 26.8 Å². The Bertz CT molecular complexity index is 693. The lowest BCUT2D eigenvalue weighted by molar-refractivity contribution is 0.354. The smallest absolute Gasteiger partial charge is 0.192 e. The zero-order valence-electron chi connectivity index (χ0n) is 15.8. The minimum Gasteiger partial charge on any atom is -0.493 e. The summed E-state index contributed by atoms with van der Waals surface area (Å²) in [7, 11) is 3.27. The summed E-state index contributed by atoms with van der Waals surface area (Å²) in [4.78, 5) is 4.68. The number of halogens is 1. The summed E-state index contributed by atoms with van der Waals surface area (Å²) in [5.41, 5.74) is 2.28. The van der Waals surface area contributed by atoms with E-state index in [0.717, 1.165) is 23.8 Å². The maximum Gasteiger partial charge on any atom is 0.192 e. The predicted molar refractivity (Wildman–Crippen MR) is 118 cm³/mol. The van der Waals surface area contributed by atoms with E-state index in [1.54, 1.807) is 14.2 Å². The van der Waals surface area contributed by atoms with Gasteiger partial charge in [0.1, 0.15) is 0 Å². The van der Waals surface area contributed by atoms with Gasteiger partial charge in [-0.1, -0.05) is 36.4 Å². The van der Waals surface area contributed by atoms with Gasteiger partial charge in [0.25, 0.3) is 0 Å². The van der Waals surface area contributed by atoms with Crippen molar-refractivity contribution in [2.24, 2.45) is 4.99 Å². The molecule has 0 aliphatic heterocycles. The number of hydrogen-bond donors (Lipinski definition) is 2. The maximum atomic E-state index is 5.35. The van der Waals surface area contributed by atoms with Crippen LogP contribution >= 0.6 is 24.0 Å². The summed E-state index contributed by atoms with van der Waals surface area (Å²) in [5.74, 6) is 2.22. The van der Waals surface area contributed by atoms with Crippen molar-refractivity contribution in [1.29, 1.82) is 0 Å². The van der Waals surface area contributed by atoms with E-state index in [9.17, 15) is 0 Å². The summed E-state index contributed by atoms with van der Waals surface area (Å²) >= 11 is 0. The van der Waals surface area contributed by atoms with Crippen LogP contribution < -0.4 is 20.1 Å². The molecule has 0 amide bonds. The van der Waals surface area contributed by atoms with Crippen molar-refractivity contribution >= 4 is 29.9 Å². The van der Waals surface area contributed by atoms with Gasteiger partial charge in [-0.3, -0.25) is 0 Å². The number of rotatable bonds is 7. The van der Waals surface area contributed by atoms with Gasteiger partial charge in [-0.15, -0.1) is 24.0 Å². The molecule has 5 nitrogen and oxygen atoms in total. The highest BCUT2D eigenvalue weighted by Crippen LogP contribution is 2.27. The monoisotopic (exact) mass is 469 g/mol. The molecule has 0 radical (unpaired) electrons. The Balaban J connectivity index is 0.00000338. The number of methoxy groups -OCH3 is 2. The maximum absolute atomic E-state index is 5.35. The molecule has 0 bridgehead atoms. The number of nitrogens with one attached hydrogen (secondary N) is 2. The lowest BCUT2D eigenvalue weighted by Gasteiger charge is -2.18. The van der Waals surface area contributed by atoms with E-state index < -0.39 is 0 Å². The molecule has 2 aromatic carbocycles. The standard InChI is InChI=1S/C20H27N3O2.HI/c1-5-21-20(23-15(2)17-9-7-6-8-10-17)22-14-16-11-12-18(24-3)19(13-16)25-4;/h6-13,15H,5,14H2,1-4H3,(H2,21,22,23);1H. The van der Waals surface area contributed by atoms with Gasteiger partial charge in [0.2, 0.25) is 0 Å². The molecule has 1 atom stereocenters. The Labute approximate surface area is 173 Å². The van der Waals surface area contributed by atoms with Crippen LogP contribution in [0.4, 0.5) is 0 Å². The summed E-state index contributed by atoms with van der Waals surface area (Å²) in [5, 5.41) is 6.73. The molecule has 2 N–H and O–H groups in total. The molecular formula is C20H28IN3O2. The fourth-order valence-corrected chi connectivity index (χ4v) is 2.50. The summed E-state index contributed by atoms with van der Waals surface area (Å²) in [6.07, 6.45) is 0. The van der Waals surface area contributed by atoms with E-state index in [4.69, 9.17) is 9.47 Å². The quantitative estimate of drug-likeness (QED) is 0.364. The van der Waals surface area contributed by atoms with Gasteiger partial charge in [-0.05, 0) is 37.1 Å². The Kier molecular flexibility index (Phi) is 9.87. The molecule has 0 saturated carbocycles. The highest BCUT2D eigenvalue weighted by Gasteiger charge is 2.08. The number of hydrogen-bond acceptors (Lipinski definition) is 3. The minimum absolute atomic E-state index is 0. The SMILES string of the molecule is CCNC(=NCc1ccc(OC)c(OC)c1)NC(C)c1ccccc1.I. The Morgan fingerprint density at radius 3 is 2.35 bits per heavy atom. The molecule has 1 unspecified atom stereocenters. The fraction of sp³-hybridized carbons (Fsp3) is 0.350. The number of aliphatic imine (C=N–C) groups is 1. The van der Waals surface area contributed by atoms with E-state index in [-0.39, 0.29) is 30.0 Å². The molecule has 0 saturated heterocycles. The minimum atomic E-state index is 0. The third kappa shape index (κ3) is 6.40. The average Bonchev–Trinajstić information content (AvgIpc) is 2.66. The largest absolute Gasteiger partial charge is 0.493 e. The molecule has 0 aliphatic carbocycles. The highest BCUT2D eigenvalue weighted by molar-refractivity contribution is 14.0. The molecule has 0 heterocycles. The molecule has 0 spiro atoms. The van der Waals surface area contributed by atoms with Crippen LogP contribution in [-0.2, 0) is 6.54 Å². The van der Waals surface area contributed by atoms with Gasteiger partial charge >= 0.3 is 0 Å². The number of benzene rings is 2. The van der Waals surface area contributed by atoms with Crippen LogP contribution in [0.15, 0.2) is 53.5 Å². The van der Waals surface area contributed by atoms with Crippen molar-refractivity contribution in [3.63, 3.8) is 0 Å². The first-order valence-corrected chi connectivity index (χ1v) is 8.48. The summed E-state index contributed by atoms with van der Waals surface area (Å²) in [6, 6.07) is 16.3. The third-order valence-corrected chi connectivity index (χ3v) is 3.86. The van der Waals surface area contributed by atoms with Crippen molar-refractivity contribution in [1.82, 2.24) is 10.6 Å². The molecule has 2 rings (SSSR count). The van der Waals surface area contributed by atoms with Crippen molar-refractivity contribution in [3.8, 4) is 11.5 Å². The molecule has 2 aromatic rings. The zero-order valence-corrected chi connectivity index (χ0v) is 18.1. The van der Waals surface area contributed by atoms with Crippen LogP contribution in [0.3, 0.4) is 0 Å². The van der Waals surface area contributed by atoms with Crippen LogP contribution in [0.25, 0.3) is 0 Å². The van der Waals surface area contributed by atoms with Crippen LogP contribution in [0, 0.1) is 0 Å². The van der Waals surface area contributed by atoms with Gasteiger partial charge in [-0.25, -0.2) is 4.99 Å². The first kappa shape index (κ1) is 22.1. The number of nitrogens with zero attached hydrogens (tertiary/aromatic N) is 1. The van der Waals surface area contributed by atoms with Gasteiger partial charge in [0, 0.05) is 6.54 Å². The van der Waals surface area contributed by atoms with E-state index in [1.807, 2.05) is 36.4 Å². The van der Waals surface area contributed by atoms with Crippen molar-refractivity contribution in [2.45, 2.75) is 26.4 Å². The second-order valence-electron chi connectivity index (χ2n) is 5.66. The average molecular weight is 469 g/mol. The molecular weight excluding hydrogens is 441 g/mol. The lowest BCUT2D eigenvalue weighted by Crippen LogP contribution is -2.38. The first-order valence-electron chi connectivity index (χ1n) is 8.48. The zero-order chi connectivity index (χ0) is 18.1. The lowest BCUT2D eigenvalue weighted by atomic mass is 10.1. The third-order valence-electron chi connectivity index (χ3n) is 3.86. The predicted octanol–water partition coefficient (Wildman–Crippen LogP) is 4.14. The van der Waals surface area contributed by atoms with Crippen molar-refractivity contribution < 1.29 is 9.47 Å². The van der Waals surface area contributed by atoms with E-state index in [1.165, 1.54) is 5.56 Å². The van der Waals surface area contributed by atoms with E-state index in [0.29, 0.717) is 12.3 Å². The fourth-order valence-electron chi connectivity index (χ4n) is 2.50. The number of guanidine groups is 1. The van der Waals surface area contributed by atoms with Crippen molar-refractivity contribution in [3.05, 3.63) is 59.7 Å². The van der Waals surface area contributed by atoms with Gasteiger partial charge in [0.15, 0.2) is 17.5 Å². The van der Waals surface area contributed by atoms with Crippen LogP contribution in [0.2, 0.25) is 0 Å². The highest BCUT2D eigenvalue weighted by atomic mass is 127. The molecule has 0 aliphatic rings. The van der Waals surface area contributed by atoms with Crippen LogP contribution in [-0.4, -0.2) is 26.7 Å². The van der Waals surface area contributed by atoms with E-state index >= 15 is 0 Å². The molecule has 0 fully saturated rings. The Morgan fingerprint density at radius 2 is 1.73 bits per heavy atom. The second kappa shape index (κ2) is 11.6. The molecule has 6 heteroatoms. The van der Waals surface area contributed by atoms with E-state index in [2.05, 4.69) is 41.6 Å². The van der Waals surface area contributed by atoms with Gasteiger partial charge < -0.3 is 20.1 Å². The molecule has 26 heavy (non-hydrogen) atoms. The topological polar surface area (TPSA) is 54.9 Å². The number of ether oxygens (including phenoxy) is 2. The molecule has 0 aromatic heterocycles. The van der Waals surface area contributed by atoms with Crippen LogP contribution in [0.1, 0.15) is 31.0 Å². The second-order valence-corrected chi connectivity index (χ2v) is 5.66. The summed E-state index contributed by atoms with van der Waals surface area (Å²) in [6.45, 7) is 5.54. The summed E-state index contributed by atoms with van der Waals surface area (Å²) < 4.78 is 10.6.